The van der Waals surface area contributed by atoms with Crippen LogP contribution in [-0.2, 0) is 16.6 Å². The Bertz CT molecular complexity index is 554. The first-order valence-corrected chi connectivity index (χ1v) is 7.71. The maximum Gasteiger partial charge on any atom is 0.244 e. The zero-order chi connectivity index (χ0) is 16.1. The number of hydrogen-bond acceptors (Lipinski definition) is 3. The first-order valence-electron chi connectivity index (χ1n) is 7.71. The molecule has 1 N–H and O–H groups in total. The molecule has 1 aliphatic rings. The molecule has 1 aliphatic heterocycles. The second kappa shape index (κ2) is 7.24. The Morgan fingerprint density at radius 1 is 1.36 bits per heavy atom. The Hall–Kier alpha value is -2.11. The first kappa shape index (κ1) is 16.3. The highest BCUT2D eigenvalue weighted by atomic mass is 16.2. The van der Waals surface area contributed by atoms with Crippen molar-refractivity contribution in [1.29, 1.82) is 0 Å². The van der Waals surface area contributed by atoms with Crippen LogP contribution >= 0.6 is 0 Å². The van der Waals surface area contributed by atoms with Crippen molar-refractivity contribution in [2.75, 3.05) is 13.1 Å². The van der Waals surface area contributed by atoms with E-state index in [2.05, 4.69) is 10.4 Å². The van der Waals surface area contributed by atoms with E-state index in [-0.39, 0.29) is 23.8 Å². The predicted molar refractivity (Wildman–Crippen MR) is 84.8 cm³/mol. The van der Waals surface area contributed by atoms with E-state index in [0.29, 0.717) is 13.1 Å². The molecule has 0 spiro atoms. The maximum atomic E-state index is 11.9. The van der Waals surface area contributed by atoms with Crippen molar-refractivity contribution >= 4 is 17.9 Å². The molecule has 120 valence electrons. The van der Waals surface area contributed by atoms with Gasteiger partial charge in [-0.3, -0.25) is 14.3 Å². The van der Waals surface area contributed by atoms with Crippen LogP contribution in [0.2, 0.25) is 0 Å². The summed E-state index contributed by atoms with van der Waals surface area (Å²) in [6, 6.07) is 0.141. The van der Waals surface area contributed by atoms with Gasteiger partial charge in [0.1, 0.15) is 0 Å². The number of aromatic nitrogens is 2. The molecule has 22 heavy (non-hydrogen) atoms. The number of hydrogen-bond donors (Lipinski definition) is 1. The summed E-state index contributed by atoms with van der Waals surface area (Å²) in [4.78, 5) is 25.7. The van der Waals surface area contributed by atoms with Crippen molar-refractivity contribution in [2.24, 2.45) is 13.0 Å². The van der Waals surface area contributed by atoms with Gasteiger partial charge in [0.15, 0.2) is 0 Å². The van der Waals surface area contributed by atoms with Crippen molar-refractivity contribution in [1.82, 2.24) is 20.0 Å². The first-order chi connectivity index (χ1) is 10.5. The van der Waals surface area contributed by atoms with Crippen molar-refractivity contribution < 1.29 is 9.59 Å². The molecule has 0 aromatic carbocycles. The molecule has 6 nitrogen and oxygen atoms in total. The van der Waals surface area contributed by atoms with Gasteiger partial charge in [-0.05, 0) is 18.9 Å². The average molecular weight is 304 g/mol. The van der Waals surface area contributed by atoms with E-state index in [4.69, 9.17) is 0 Å². The van der Waals surface area contributed by atoms with Crippen molar-refractivity contribution in [3.8, 4) is 0 Å². The van der Waals surface area contributed by atoms with Gasteiger partial charge in [0.25, 0.3) is 0 Å². The SMILES string of the molecule is CC(C)C(=O)N1CCC(NC(=O)C=Cc2cnn(C)c2)CC1. The highest BCUT2D eigenvalue weighted by Crippen LogP contribution is 2.13. The fourth-order valence-corrected chi connectivity index (χ4v) is 2.56. The summed E-state index contributed by atoms with van der Waals surface area (Å²) in [7, 11) is 1.84. The average Bonchev–Trinajstić information content (AvgIpc) is 2.91. The van der Waals surface area contributed by atoms with Crippen LogP contribution in [0.15, 0.2) is 18.5 Å². The van der Waals surface area contributed by atoms with Gasteiger partial charge in [-0.2, -0.15) is 5.10 Å². The van der Waals surface area contributed by atoms with Gasteiger partial charge < -0.3 is 10.2 Å². The molecule has 0 aliphatic carbocycles. The van der Waals surface area contributed by atoms with Gasteiger partial charge in [0.05, 0.1) is 6.20 Å². The standard InChI is InChI=1S/C16H24N4O2/c1-12(2)16(22)20-8-6-14(7-9-20)18-15(21)5-4-13-10-17-19(3)11-13/h4-5,10-12,14H,6-9H2,1-3H3,(H,18,21). The van der Waals surface area contributed by atoms with Crippen molar-refractivity contribution in [3.05, 3.63) is 24.0 Å². The van der Waals surface area contributed by atoms with Crippen LogP contribution in [0.1, 0.15) is 32.3 Å². The minimum Gasteiger partial charge on any atom is -0.350 e. The molecule has 0 unspecified atom stereocenters. The molecular weight excluding hydrogens is 280 g/mol. The molecule has 0 atom stereocenters. The number of rotatable bonds is 4. The van der Waals surface area contributed by atoms with Gasteiger partial charge >= 0.3 is 0 Å². The Morgan fingerprint density at radius 2 is 2.05 bits per heavy atom. The second-order valence-corrected chi connectivity index (χ2v) is 6.04. The molecule has 0 radical (unpaired) electrons. The normalized spacial score (nSPS) is 16.5. The molecular formula is C16H24N4O2. The third-order valence-electron chi connectivity index (χ3n) is 3.80. The summed E-state index contributed by atoms with van der Waals surface area (Å²) in [5.74, 6) is 0.132. The van der Waals surface area contributed by atoms with Crippen LogP contribution in [0.5, 0.6) is 0 Å². The van der Waals surface area contributed by atoms with E-state index in [0.717, 1.165) is 18.4 Å². The van der Waals surface area contributed by atoms with E-state index in [1.165, 1.54) is 6.08 Å². The zero-order valence-corrected chi connectivity index (χ0v) is 13.5. The molecule has 0 saturated carbocycles. The summed E-state index contributed by atoms with van der Waals surface area (Å²) >= 11 is 0. The van der Waals surface area contributed by atoms with Crippen molar-refractivity contribution in [3.63, 3.8) is 0 Å². The van der Waals surface area contributed by atoms with Crippen LogP contribution in [0, 0.1) is 5.92 Å². The van der Waals surface area contributed by atoms with Gasteiger partial charge in [0, 0.05) is 49.9 Å². The third kappa shape index (κ3) is 4.44. The van der Waals surface area contributed by atoms with E-state index in [1.54, 1.807) is 17.0 Å². The summed E-state index contributed by atoms with van der Waals surface area (Å²) in [6.07, 6.45) is 8.46. The Morgan fingerprint density at radius 3 is 2.59 bits per heavy atom. The second-order valence-electron chi connectivity index (χ2n) is 6.04. The van der Waals surface area contributed by atoms with Crippen LogP contribution in [0.3, 0.4) is 0 Å². The quantitative estimate of drug-likeness (QED) is 0.850. The van der Waals surface area contributed by atoms with Crippen LogP contribution < -0.4 is 5.32 Å². The highest BCUT2D eigenvalue weighted by molar-refractivity contribution is 5.91. The van der Waals surface area contributed by atoms with E-state index >= 15 is 0 Å². The summed E-state index contributed by atoms with van der Waals surface area (Å²) in [6.45, 7) is 5.27. The lowest BCUT2D eigenvalue weighted by Crippen LogP contribution is -2.47. The fourth-order valence-electron chi connectivity index (χ4n) is 2.56. The maximum absolute atomic E-state index is 11.9. The van der Waals surface area contributed by atoms with Crippen LogP contribution in [-0.4, -0.2) is 45.6 Å². The number of amides is 2. The molecule has 1 fully saturated rings. The minimum atomic E-state index is -0.0995. The zero-order valence-electron chi connectivity index (χ0n) is 13.5. The number of nitrogens with zero attached hydrogens (tertiary/aromatic N) is 3. The number of carbonyl (C=O) groups excluding carboxylic acids is 2. The lowest BCUT2D eigenvalue weighted by molar-refractivity contribution is -0.135. The van der Waals surface area contributed by atoms with Crippen molar-refractivity contribution in [2.45, 2.75) is 32.7 Å². The van der Waals surface area contributed by atoms with E-state index < -0.39 is 0 Å². The van der Waals surface area contributed by atoms with E-state index in [9.17, 15) is 9.59 Å². The number of nitrogens with one attached hydrogen (secondary N) is 1. The number of likely N-dealkylation sites (tertiary alicyclic amines) is 1. The molecule has 2 rings (SSSR count). The Kier molecular flexibility index (Phi) is 5.35. The third-order valence-corrected chi connectivity index (χ3v) is 3.80. The summed E-state index contributed by atoms with van der Waals surface area (Å²) in [5.41, 5.74) is 0.898. The lowest BCUT2D eigenvalue weighted by atomic mass is 10.0. The molecule has 1 aromatic heterocycles. The molecule has 1 aromatic rings. The highest BCUT2D eigenvalue weighted by Gasteiger charge is 2.24. The van der Waals surface area contributed by atoms with E-state index in [1.807, 2.05) is 32.0 Å². The topological polar surface area (TPSA) is 67.2 Å². The van der Waals surface area contributed by atoms with Gasteiger partial charge in [-0.25, -0.2) is 0 Å². The number of aryl methyl sites for hydroxylation is 1. The van der Waals surface area contributed by atoms with Gasteiger partial charge in [-0.15, -0.1) is 0 Å². The minimum absolute atomic E-state index is 0.0357. The fraction of sp³-hybridized carbons (Fsp3) is 0.562. The molecule has 2 heterocycles. The Labute approximate surface area is 131 Å². The molecule has 2 amide bonds. The molecule has 1 saturated heterocycles. The number of piperidine rings is 1. The lowest BCUT2D eigenvalue weighted by Gasteiger charge is -2.33. The monoisotopic (exact) mass is 304 g/mol. The summed E-state index contributed by atoms with van der Waals surface area (Å²) < 4.78 is 1.69. The molecule has 6 heteroatoms. The van der Waals surface area contributed by atoms with Gasteiger partial charge in [0.2, 0.25) is 11.8 Å². The predicted octanol–water partition coefficient (Wildman–Crippen LogP) is 1.20. The van der Waals surface area contributed by atoms with Crippen LogP contribution in [0.25, 0.3) is 6.08 Å². The smallest absolute Gasteiger partial charge is 0.244 e. The molecule has 0 bridgehead atoms. The Balaban J connectivity index is 1.77. The van der Waals surface area contributed by atoms with Crippen LogP contribution in [0.4, 0.5) is 0 Å². The number of carbonyl (C=O) groups is 2. The summed E-state index contributed by atoms with van der Waals surface area (Å²) in [5, 5.41) is 7.04. The van der Waals surface area contributed by atoms with Gasteiger partial charge in [-0.1, -0.05) is 13.8 Å². The largest absolute Gasteiger partial charge is 0.350 e.